The van der Waals surface area contributed by atoms with Gasteiger partial charge < -0.3 is 38.3 Å². The molecule has 0 aliphatic carbocycles. The number of carbonyl (C=O) groups is 2. The first-order valence-corrected chi connectivity index (χ1v) is 12.8. The third kappa shape index (κ3) is 4.99. The van der Waals surface area contributed by atoms with Gasteiger partial charge in [0.05, 0.1) is 60.7 Å². The minimum Gasteiger partial charge on any atom is -0.868 e. The molecule has 208 valence electrons. The number of methoxy groups -OCH3 is 4. The Kier molecular flexibility index (Phi) is 8.35. The quantitative estimate of drug-likeness (QED) is 0.347. The van der Waals surface area contributed by atoms with Crippen molar-refractivity contribution in [2.45, 2.75) is 19.9 Å². The second kappa shape index (κ2) is 11.7. The molecule has 0 fully saturated rings. The Morgan fingerprint density at radius 3 is 2.18 bits per heavy atom. The Bertz CT molecular complexity index is 1380. The number of carbonyl (C=O) groups excluding carboxylic acids is 2. The van der Waals surface area contributed by atoms with E-state index in [0.29, 0.717) is 46.1 Å². The predicted molar refractivity (Wildman–Crippen MR) is 142 cm³/mol. The summed E-state index contributed by atoms with van der Waals surface area (Å²) in [6, 6.07) is 9.16. The molecule has 39 heavy (non-hydrogen) atoms. The van der Waals surface area contributed by atoms with E-state index in [0.717, 1.165) is 13.1 Å². The van der Waals surface area contributed by atoms with Gasteiger partial charge in [-0.2, -0.15) is 0 Å². The van der Waals surface area contributed by atoms with Crippen molar-refractivity contribution in [1.29, 1.82) is 0 Å². The topological polar surface area (TPSA) is 115 Å². The summed E-state index contributed by atoms with van der Waals surface area (Å²) < 4.78 is 27.7. The number of nitrogens with zero attached hydrogens (tertiary/aromatic N) is 1. The van der Waals surface area contributed by atoms with Crippen LogP contribution in [0.1, 0.15) is 36.0 Å². The van der Waals surface area contributed by atoms with Crippen molar-refractivity contribution in [3.05, 3.63) is 59.1 Å². The zero-order valence-corrected chi connectivity index (χ0v) is 23.1. The van der Waals surface area contributed by atoms with Crippen LogP contribution in [-0.2, 0) is 4.79 Å². The Labute approximate surface area is 227 Å². The Hall–Kier alpha value is -4.18. The van der Waals surface area contributed by atoms with E-state index in [1.54, 1.807) is 36.4 Å². The van der Waals surface area contributed by atoms with Crippen LogP contribution >= 0.6 is 0 Å². The molecular formula is C29H34N2O8. The van der Waals surface area contributed by atoms with Crippen LogP contribution in [0.5, 0.6) is 23.0 Å². The summed E-state index contributed by atoms with van der Waals surface area (Å²) in [5.41, 5.74) is 0.671. The van der Waals surface area contributed by atoms with Gasteiger partial charge in [0.2, 0.25) is 17.4 Å². The van der Waals surface area contributed by atoms with Gasteiger partial charge in [-0.05, 0) is 49.4 Å². The number of Topliss-reactive ketones (excluding diaryl/α,β-unsaturated/α-hetero) is 1. The Morgan fingerprint density at radius 1 is 0.974 bits per heavy atom. The van der Waals surface area contributed by atoms with Gasteiger partial charge in [-0.1, -0.05) is 12.1 Å². The number of nitrogens with one attached hydrogen (secondary N) is 1. The molecule has 1 aromatic heterocycles. The molecule has 10 heteroatoms. The molecule has 1 unspecified atom stereocenters. The highest BCUT2D eigenvalue weighted by Gasteiger charge is 2.41. The fourth-order valence-corrected chi connectivity index (χ4v) is 5.03. The second-order valence-corrected chi connectivity index (χ2v) is 9.13. The number of benzene rings is 2. The fraction of sp³-hybridized carbons (Fsp3) is 0.379. The van der Waals surface area contributed by atoms with E-state index in [1.807, 2.05) is 0 Å². The summed E-state index contributed by atoms with van der Waals surface area (Å²) in [6.07, 6.45) is 0. The van der Waals surface area contributed by atoms with Crippen LogP contribution < -0.4 is 29.0 Å². The summed E-state index contributed by atoms with van der Waals surface area (Å²) in [6.45, 7) is 6.71. The maximum absolute atomic E-state index is 13.9. The molecule has 2 heterocycles. The number of rotatable bonds is 12. The number of para-hydroxylation sites is 1. The number of quaternary nitrogens is 1. The smallest absolute Gasteiger partial charge is 0.240 e. The summed E-state index contributed by atoms with van der Waals surface area (Å²) >= 11 is 0. The van der Waals surface area contributed by atoms with E-state index in [1.165, 1.54) is 38.2 Å². The lowest BCUT2D eigenvalue weighted by atomic mass is 9.94. The first-order valence-electron chi connectivity index (χ1n) is 12.8. The van der Waals surface area contributed by atoms with E-state index >= 15 is 0 Å². The van der Waals surface area contributed by atoms with Crippen LogP contribution in [-0.4, -0.2) is 71.2 Å². The number of amides is 1. The van der Waals surface area contributed by atoms with Crippen LogP contribution in [0.25, 0.3) is 11.0 Å². The van der Waals surface area contributed by atoms with Crippen molar-refractivity contribution in [3.63, 3.8) is 0 Å². The van der Waals surface area contributed by atoms with Gasteiger partial charge in [0.1, 0.15) is 0 Å². The second-order valence-electron chi connectivity index (χ2n) is 9.13. The van der Waals surface area contributed by atoms with Gasteiger partial charge in [0.15, 0.2) is 28.6 Å². The normalized spacial score (nSPS) is 15.4. The maximum Gasteiger partial charge on any atom is 0.240 e. The fourth-order valence-electron chi connectivity index (χ4n) is 5.03. The average Bonchev–Trinajstić information content (AvgIpc) is 3.51. The number of fused-ring (bicyclic) bond motifs is 1. The summed E-state index contributed by atoms with van der Waals surface area (Å²) in [5.74, 6) is -0.826. The molecule has 0 saturated heterocycles. The molecule has 1 amide bonds. The van der Waals surface area contributed by atoms with Gasteiger partial charge in [-0.15, -0.1) is 0 Å². The summed E-state index contributed by atoms with van der Waals surface area (Å²) in [4.78, 5) is 30.0. The molecule has 0 spiro atoms. The SMILES string of the molecule is CC[NH+](CC)CCN1C(=O)C([O-])=C(C(=O)c2cc3cccc(OC)c3o2)C1c1cc(OC)c(OC)c(OC)c1. The molecule has 4 rings (SSSR count). The lowest BCUT2D eigenvalue weighted by molar-refractivity contribution is -0.895. The van der Waals surface area contributed by atoms with Gasteiger partial charge in [0.25, 0.3) is 0 Å². The molecule has 0 radical (unpaired) electrons. The summed E-state index contributed by atoms with van der Waals surface area (Å²) in [5, 5.41) is 14.1. The highest BCUT2D eigenvalue weighted by Crippen LogP contribution is 2.45. The van der Waals surface area contributed by atoms with E-state index in [-0.39, 0.29) is 17.9 Å². The van der Waals surface area contributed by atoms with E-state index in [9.17, 15) is 14.7 Å². The summed E-state index contributed by atoms with van der Waals surface area (Å²) in [7, 11) is 5.94. The number of ether oxygens (including phenoxy) is 4. The highest BCUT2D eigenvalue weighted by atomic mass is 16.5. The zero-order valence-electron chi connectivity index (χ0n) is 23.1. The average molecular weight is 539 g/mol. The van der Waals surface area contributed by atoms with Crippen LogP contribution in [0, 0.1) is 0 Å². The van der Waals surface area contributed by atoms with Crippen LogP contribution in [0.15, 0.2) is 52.1 Å². The minimum atomic E-state index is -0.976. The minimum absolute atomic E-state index is 0.0562. The molecule has 1 N–H and O–H groups in total. The lowest BCUT2D eigenvalue weighted by Gasteiger charge is -2.29. The van der Waals surface area contributed by atoms with Crippen LogP contribution in [0.2, 0.25) is 0 Å². The molecular weight excluding hydrogens is 504 g/mol. The molecule has 0 saturated carbocycles. The number of hydrogen-bond acceptors (Lipinski definition) is 8. The molecule has 2 aromatic carbocycles. The maximum atomic E-state index is 13.9. The van der Waals surface area contributed by atoms with Crippen molar-refractivity contribution >= 4 is 22.7 Å². The highest BCUT2D eigenvalue weighted by molar-refractivity contribution is 6.16. The van der Waals surface area contributed by atoms with Gasteiger partial charge in [-0.25, -0.2) is 0 Å². The van der Waals surface area contributed by atoms with Crippen molar-refractivity contribution < 1.29 is 43.0 Å². The molecule has 1 aliphatic rings. The third-order valence-corrected chi connectivity index (χ3v) is 7.19. The monoisotopic (exact) mass is 538 g/mol. The van der Waals surface area contributed by atoms with Crippen LogP contribution in [0.3, 0.4) is 0 Å². The molecule has 10 nitrogen and oxygen atoms in total. The largest absolute Gasteiger partial charge is 0.868 e. The van der Waals surface area contributed by atoms with Crippen LogP contribution in [0.4, 0.5) is 0 Å². The van der Waals surface area contributed by atoms with Crippen molar-refractivity contribution in [3.8, 4) is 23.0 Å². The number of likely N-dealkylation sites (N-methyl/N-ethyl adjacent to an activating group) is 1. The first kappa shape index (κ1) is 27.8. The number of ketones is 1. The third-order valence-electron chi connectivity index (χ3n) is 7.19. The van der Waals surface area contributed by atoms with E-state index < -0.39 is 23.5 Å². The molecule has 1 aliphatic heterocycles. The Morgan fingerprint density at radius 2 is 1.62 bits per heavy atom. The number of hydrogen-bond donors (Lipinski definition) is 1. The van der Waals surface area contributed by atoms with Gasteiger partial charge >= 0.3 is 0 Å². The van der Waals surface area contributed by atoms with Gasteiger partial charge in [-0.3, -0.25) is 9.59 Å². The first-order chi connectivity index (χ1) is 18.8. The molecule has 1 atom stereocenters. The van der Waals surface area contributed by atoms with Crippen molar-refractivity contribution in [1.82, 2.24) is 4.90 Å². The molecule has 0 bridgehead atoms. The van der Waals surface area contributed by atoms with E-state index in [4.69, 9.17) is 23.4 Å². The Balaban J connectivity index is 1.86. The van der Waals surface area contributed by atoms with Crippen molar-refractivity contribution in [2.24, 2.45) is 0 Å². The van der Waals surface area contributed by atoms with E-state index in [2.05, 4.69) is 13.8 Å². The molecule has 3 aromatic rings. The van der Waals surface area contributed by atoms with Crippen molar-refractivity contribution in [2.75, 3.05) is 54.6 Å². The van der Waals surface area contributed by atoms with Gasteiger partial charge in [0, 0.05) is 11.0 Å². The zero-order chi connectivity index (χ0) is 28.3. The standard InChI is InChI=1S/C29H34N2O8/c1-7-30(8-2)12-13-31-24(18-15-21(36-4)28(38-6)22(16-18)37-5)23(26(33)29(31)34)25(32)20-14-17-10-9-11-19(35-3)27(17)39-20/h9-11,14-16,24,33H,7-8,12-13H2,1-6H3. The predicted octanol–water partition coefficient (Wildman–Crippen LogP) is 1.77. The number of furan rings is 1. The lowest BCUT2D eigenvalue weighted by Crippen LogP contribution is -3.12.